The van der Waals surface area contributed by atoms with E-state index in [1.165, 1.54) is 0 Å². The van der Waals surface area contributed by atoms with Gasteiger partial charge in [-0.1, -0.05) is 74.5 Å². The fourth-order valence-electron chi connectivity index (χ4n) is 3.36. The van der Waals surface area contributed by atoms with Crippen molar-refractivity contribution in [1.29, 1.82) is 0 Å². The van der Waals surface area contributed by atoms with Crippen LogP contribution in [0.3, 0.4) is 0 Å². The number of hydrogen-bond acceptors (Lipinski definition) is 4. The maximum atomic E-state index is 12.4. The summed E-state index contributed by atoms with van der Waals surface area (Å²) in [4.78, 5) is 14.8. The van der Waals surface area contributed by atoms with Gasteiger partial charge in [-0.3, -0.25) is 13.9 Å². The number of nitrogens with zero attached hydrogens (tertiary/aromatic N) is 1. The molecule has 0 radical (unpaired) electrons. The molecule has 7 nitrogen and oxygen atoms in total. The van der Waals surface area contributed by atoms with E-state index in [0.717, 1.165) is 37.2 Å². The van der Waals surface area contributed by atoms with Crippen LogP contribution in [0.25, 0.3) is 0 Å². The Morgan fingerprint density at radius 1 is 0.897 bits per heavy atom. The molecule has 0 heterocycles. The molecule has 0 saturated heterocycles. The number of carbonyl (C=O) groups is 1. The standard InChI is InChI=1S/C21H27NO2.H2O4S/c1-3-22(4-2)17-11-16-21(20(23)24,18-12-7-5-8-13-18)19-14-9-6-10-15-19;1-5(2,3)4/h5-10,12-15H,3-4,11,16-17H2,1-2H3,(H,23,24);(H2,1,2,3,4). The number of aliphatic carboxylic acids is 1. The summed E-state index contributed by atoms with van der Waals surface area (Å²) in [5.74, 6) is -0.778. The van der Waals surface area contributed by atoms with Crippen molar-refractivity contribution >= 4 is 16.4 Å². The van der Waals surface area contributed by atoms with Crippen LogP contribution in [-0.2, 0) is 20.6 Å². The van der Waals surface area contributed by atoms with Gasteiger partial charge in [0.1, 0.15) is 5.41 Å². The van der Waals surface area contributed by atoms with E-state index < -0.39 is 21.8 Å². The predicted molar refractivity (Wildman–Crippen MR) is 112 cm³/mol. The first-order valence-corrected chi connectivity index (χ1v) is 10.8. The summed E-state index contributed by atoms with van der Waals surface area (Å²) in [6.45, 7) is 7.19. The van der Waals surface area contributed by atoms with Crippen molar-refractivity contribution in [2.45, 2.75) is 32.1 Å². The van der Waals surface area contributed by atoms with Crippen LogP contribution < -0.4 is 0 Å². The Hall–Kier alpha value is -2.26. The third-order valence-corrected chi connectivity index (χ3v) is 4.82. The topological polar surface area (TPSA) is 115 Å². The van der Waals surface area contributed by atoms with Gasteiger partial charge in [-0.05, 0) is 43.6 Å². The van der Waals surface area contributed by atoms with E-state index in [4.69, 9.17) is 17.5 Å². The minimum absolute atomic E-state index is 0.590. The van der Waals surface area contributed by atoms with E-state index in [1.807, 2.05) is 60.7 Å². The summed E-state index contributed by atoms with van der Waals surface area (Å²) in [7, 11) is -4.67. The van der Waals surface area contributed by atoms with Crippen LogP contribution in [0.15, 0.2) is 60.7 Å². The molecule has 2 aromatic carbocycles. The molecule has 3 N–H and O–H groups in total. The van der Waals surface area contributed by atoms with Gasteiger partial charge in [0.25, 0.3) is 0 Å². The average Bonchev–Trinajstić information content (AvgIpc) is 2.68. The highest BCUT2D eigenvalue weighted by Crippen LogP contribution is 2.37. The molecule has 0 aliphatic heterocycles. The molecule has 0 unspecified atom stereocenters. The zero-order valence-corrected chi connectivity index (χ0v) is 17.5. The highest BCUT2D eigenvalue weighted by atomic mass is 32.3. The number of hydrogen-bond donors (Lipinski definition) is 3. The van der Waals surface area contributed by atoms with E-state index in [9.17, 15) is 9.90 Å². The largest absolute Gasteiger partial charge is 0.480 e. The van der Waals surface area contributed by atoms with Gasteiger partial charge < -0.3 is 10.0 Å². The Balaban J connectivity index is 0.000000749. The zero-order chi connectivity index (χ0) is 21.9. The lowest BCUT2D eigenvalue weighted by Crippen LogP contribution is -2.38. The van der Waals surface area contributed by atoms with Crippen LogP contribution in [0, 0.1) is 0 Å². The molecule has 2 rings (SSSR count). The van der Waals surface area contributed by atoms with Crippen molar-refractivity contribution in [3.63, 3.8) is 0 Å². The monoisotopic (exact) mass is 423 g/mol. The van der Waals surface area contributed by atoms with Crippen LogP contribution in [0.1, 0.15) is 37.8 Å². The Kier molecular flexibility index (Phi) is 9.97. The maximum absolute atomic E-state index is 12.4. The first-order chi connectivity index (χ1) is 13.6. The molecule has 0 bridgehead atoms. The molecule has 0 saturated carbocycles. The first-order valence-electron chi connectivity index (χ1n) is 9.41. The number of carboxylic acid groups (broad SMARTS) is 1. The van der Waals surface area contributed by atoms with Crippen molar-refractivity contribution in [3.05, 3.63) is 71.8 Å². The van der Waals surface area contributed by atoms with Gasteiger partial charge in [0.2, 0.25) is 0 Å². The van der Waals surface area contributed by atoms with Crippen molar-refractivity contribution in [2.24, 2.45) is 0 Å². The van der Waals surface area contributed by atoms with Crippen LogP contribution >= 0.6 is 0 Å². The van der Waals surface area contributed by atoms with Gasteiger partial charge in [-0.15, -0.1) is 0 Å². The van der Waals surface area contributed by atoms with Crippen LogP contribution in [0.4, 0.5) is 0 Å². The van der Waals surface area contributed by atoms with E-state index in [0.29, 0.717) is 6.42 Å². The maximum Gasteiger partial charge on any atom is 0.394 e. The van der Waals surface area contributed by atoms with Gasteiger partial charge in [-0.2, -0.15) is 8.42 Å². The molecule has 2 aromatic rings. The lowest BCUT2D eigenvalue weighted by molar-refractivity contribution is -0.142. The minimum Gasteiger partial charge on any atom is -0.480 e. The van der Waals surface area contributed by atoms with E-state index in [1.54, 1.807) is 0 Å². The molecule has 160 valence electrons. The average molecular weight is 424 g/mol. The van der Waals surface area contributed by atoms with E-state index >= 15 is 0 Å². The van der Waals surface area contributed by atoms with Crippen molar-refractivity contribution in [3.8, 4) is 0 Å². The summed E-state index contributed by atoms with van der Waals surface area (Å²) < 4.78 is 31.6. The summed E-state index contributed by atoms with van der Waals surface area (Å²) >= 11 is 0. The molecule has 29 heavy (non-hydrogen) atoms. The van der Waals surface area contributed by atoms with Crippen molar-refractivity contribution in [2.75, 3.05) is 19.6 Å². The van der Waals surface area contributed by atoms with Gasteiger partial charge in [0.15, 0.2) is 0 Å². The fraction of sp³-hybridized carbons (Fsp3) is 0.381. The van der Waals surface area contributed by atoms with Crippen molar-refractivity contribution in [1.82, 2.24) is 4.90 Å². The molecule has 0 aliphatic carbocycles. The predicted octanol–water partition coefficient (Wildman–Crippen LogP) is 3.53. The minimum atomic E-state index is -4.67. The molecule has 0 fully saturated rings. The van der Waals surface area contributed by atoms with Gasteiger partial charge in [-0.25, -0.2) is 0 Å². The molecular weight excluding hydrogens is 394 g/mol. The highest BCUT2D eigenvalue weighted by molar-refractivity contribution is 7.79. The third kappa shape index (κ3) is 7.94. The zero-order valence-electron chi connectivity index (χ0n) is 16.7. The lowest BCUT2D eigenvalue weighted by atomic mass is 9.71. The van der Waals surface area contributed by atoms with Gasteiger partial charge in [0, 0.05) is 0 Å². The Morgan fingerprint density at radius 3 is 1.59 bits per heavy atom. The first kappa shape index (κ1) is 24.8. The van der Waals surface area contributed by atoms with E-state index in [2.05, 4.69) is 18.7 Å². The second-order valence-electron chi connectivity index (χ2n) is 6.52. The molecule has 0 spiro atoms. The van der Waals surface area contributed by atoms with Gasteiger partial charge in [0.05, 0.1) is 0 Å². The summed E-state index contributed by atoms with van der Waals surface area (Å²) in [6.07, 6.45) is 1.44. The third-order valence-electron chi connectivity index (χ3n) is 4.82. The normalized spacial score (nSPS) is 11.6. The second kappa shape index (κ2) is 11.7. The molecule has 0 atom stereocenters. The smallest absolute Gasteiger partial charge is 0.394 e. The lowest BCUT2D eigenvalue weighted by Gasteiger charge is -2.31. The summed E-state index contributed by atoms with van der Waals surface area (Å²) in [5, 5.41) is 10.2. The number of carboxylic acids is 1. The SMILES string of the molecule is CCN(CC)CCCC(C(=O)O)(c1ccccc1)c1ccccc1.O=S(=O)(O)O. The fourth-order valence-corrected chi connectivity index (χ4v) is 3.36. The highest BCUT2D eigenvalue weighted by Gasteiger charge is 2.41. The Bertz CT molecular complexity index is 788. The van der Waals surface area contributed by atoms with Gasteiger partial charge >= 0.3 is 16.4 Å². The molecular formula is C21H29NO6S. The van der Waals surface area contributed by atoms with Crippen LogP contribution in [0.2, 0.25) is 0 Å². The second-order valence-corrected chi connectivity index (χ2v) is 7.42. The summed E-state index contributed by atoms with van der Waals surface area (Å²) in [5.41, 5.74) is 0.710. The van der Waals surface area contributed by atoms with Crippen molar-refractivity contribution < 1.29 is 27.4 Å². The van der Waals surface area contributed by atoms with E-state index in [-0.39, 0.29) is 0 Å². The molecule has 0 aromatic heterocycles. The Labute approximate surface area is 172 Å². The van der Waals surface area contributed by atoms with Crippen LogP contribution in [-0.4, -0.2) is 53.1 Å². The molecule has 0 aliphatic rings. The summed E-state index contributed by atoms with van der Waals surface area (Å²) in [6, 6.07) is 19.2. The van der Waals surface area contributed by atoms with Crippen LogP contribution in [0.5, 0.6) is 0 Å². The molecule has 8 heteroatoms. The quantitative estimate of drug-likeness (QED) is 0.529. The molecule has 0 amide bonds. The Morgan fingerprint density at radius 2 is 1.28 bits per heavy atom. The number of rotatable bonds is 9. The number of benzene rings is 2.